The van der Waals surface area contributed by atoms with Gasteiger partial charge in [-0.1, -0.05) is 30.0 Å². The number of para-hydroxylation sites is 1. The Morgan fingerprint density at radius 1 is 1.16 bits per heavy atom. The van der Waals surface area contributed by atoms with Crippen molar-refractivity contribution in [3.05, 3.63) is 54.6 Å². The Labute approximate surface area is 115 Å². The molecule has 2 N–H and O–H groups in total. The lowest BCUT2D eigenvalue weighted by atomic mass is 10.2. The van der Waals surface area contributed by atoms with E-state index in [1.165, 1.54) is 11.8 Å². The Bertz CT molecular complexity index is 636. The summed E-state index contributed by atoms with van der Waals surface area (Å²) in [6.07, 6.45) is 3.45. The standard InChI is InChI=1S/C14H13N3OS/c15-11(9-19-14-16-6-3-7-17-14)13-8-10-4-1-2-5-12(10)18-13/h1-8,11H,9,15H2. The Kier molecular flexibility index (Phi) is 3.48. The second-order valence-corrected chi connectivity index (χ2v) is 5.12. The molecule has 0 fully saturated rings. The lowest BCUT2D eigenvalue weighted by Gasteiger charge is -2.06. The number of aromatic nitrogens is 2. The number of benzene rings is 1. The van der Waals surface area contributed by atoms with Gasteiger partial charge in [0.25, 0.3) is 0 Å². The van der Waals surface area contributed by atoms with Crippen LogP contribution in [-0.2, 0) is 0 Å². The number of hydrogen-bond acceptors (Lipinski definition) is 5. The quantitative estimate of drug-likeness (QED) is 0.583. The molecule has 3 aromatic rings. The first-order chi connectivity index (χ1) is 9.33. The molecule has 0 amide bonds. The molecule has 0 bridgehead atoms. The third-order valence-corrected chi connectivity index (χ3v) is 3.74. The highest BCUT2D eigenvalue weighted by molar-refractivity contribution is 7.99. The van der Waals surface area contributed by atoms with Crippen molar-refractivity contribution >= 4 is 22.7 Å². The maximum Gasteiger partial charge on any atom is 0.187 e. The largest absolute Gasteiger partial charge is 0.459 e. The van der Waals surface area contributed by atoms with Crippen LogP contribution >= 0.6 is 11.8 Å². The van der Waals surface area contributed by atoms with Crippen LogP contribution in [0.1, 0.15) is 11.8 Å². The average molecular weight is 271 g/mol. The molecule has 0 spiro atoms. The van der Waals surface area contributed by atoms with Crippen molar-refractivity contribution in [3.63, 3.8) is 0 Å². The van der Waals surface area contributed by atoms with Gasteiger partial charge in [-0.15, -0.1) is 0 Å². The van der Waals surface area contributed by atoms with E-state index >= 15 is 0 Å². The summed E-state index contributed by atoms with van der Waals surface area (Å²) >= 11 is 1.53. The number of hydrogen-bond donors (Lipinski definition) is 1. The number of nitrogens with zero attached hydrogens (tertiary/aromatic N) is 2. The zero-order chi connectivity index (χ0) is 13.1. The van der Waals surface area contributed by atoms with Crippen molar-refractivity contribution < 1.29 is 4.42 Å². The predicted octanol–water partition coefficient (Wildman–Crippen LogP) is 3.01. The van der Waals surface area contributed by atoms with Crippen LogP contribution in [0.3, 0.4) is 0 Å². The van der Waals surface area contributed by atoms with Gasteiger partial charge in [0.1, 0.15) is 11.3 Å². The molecule has 0 aliphatic heterocycles. The fourth-order valence-electron chi connectivity index (χ4n) is 1.79. The second kappa shape index (κ2) is 5.42. The van der Waals surface area contributed by atoms with Gasteiger partial charge in [-0.05, 0) is 18.2 Å². The van der Waals surface area contributed by atoms with Crippen molar-refractivity contribution in [3.8, 4) is 0 Å². The molecule has 1 aromatic carbocycles. The molecule has 0 saturated carbocycles. The minimum Gasteiger partial charge on any atom is -0.459 e. The minimum atomic E-state index is -0.166. The maximum absolute atomic E-state index is 6.14. The summed E-state index contributed by atoms with van der Waals surface area (Å²) < 4.78 is 5.74. The highest BCUT2D eigenvalue weighted by Gasteiger charge is 2.12. The first-order valence-corrected chi connectivity index (χ1v) is 6.95. The Hall–Kier alpha value is -1.85. The summed E-state index contributed by atoms with van der Waals surface area (Å²) in [5, 5.41) is 1.81. The highest BCUT2D eigenvalue weighted by atomic mass is 32.2. The number of furan rings is 1. The zero-order valence-electron chi connectivity index (χ0n) is 10.2. The van der Waals surface area contributed by atoms with E-state index in [-0.39, 0.29) is 6.04 Å². The minimum absolute atomic E-state index is 0.166. The smallest absolute Gasteiger partial charge is 0.187 e. The third-order valence-electron chi connectivity index (χ3n) is 2.74. The second-order valence-electron chi connectivity index (χ2n) is 4.14. The topological polar surface area (TPSA) is 64.9 Å². The predicted molar refractivity (Wildman–Crippen MR) is 75.9 cm³/mol. The molecule has 5 heteroatoms. The molecule has 0 aliphatic rings. The SMILES string of the molecule is NC(CSc1ncccn1)c1cc2ccccc2o1. The lowest BCUT2D eigenvalue weighted by molar-refractivity contribution is 0.516. The van der Waals surface area contributed by atoms with Crippen molar-refractivity contribution in [1.82, 2.24) is 9.97 Å². The molecule has 2 aromatic heterocycles. The fraction of sp³-hybridized carbons (Fsp3) is 0.143. The first-order valence-electron chi connectivity index (χ1n) is 5.97. The normalized spacial score (nSPS) is 12.7. The van der Waals surface area contributed by atoms with Gasteiger partial charge in [-0.2, -0.15) is 0 Å². The number of nitrogens with two attached hydrogens (primary N) is 1. The van der Waals surface area contributed by atoms with Crippen LogP contribution in [0.15, 0.2) is 58.4 Å². The van der Waals surface area contributed by atoms with Crippen LogP contribution in [0.2, 0.25) is 0 Å². The summed E-state index contributed by atoms with van der Waals surface area (Å²) in [5.74, 6) is 1.48. The van der Waals surface area contributed by atoms with Gasteiger partial charge in [0.15, 0.2) is 5.16 Å². The Morgan fingerprint density at radius 2 is 1.95 bits per heavy atom. The summed E-state index contributed by atoms with van der Waals surface area (Å²) in [7, 11) is 0. The van der Waals surface area contributed by atoms with E-state index in [9.17, 15) is 0 Å². The van der Waals surface area contributed by atoms with Crippen LogP contribution in [0.25, 0.3) is 11.0 Å². The lowest BCUT2D eigenvalue weighted by Crippen LogP contribution is -2.12. The highest BCUT2D eigenvalue weighted by Crippen LogP contribution is 2.25. The molecule has 19 heavy (non-hydrogen) atoms. The Morgan fingerprint density at radius 3 is 2.74 bits per heavy atom. The van der Waals surface area contributed by atoms with Crippen LogP contribution < -0.4 is 5.73 Å². The van der Waals surface area contributed by atoms with E-state index in [4.69, 9.17) is 10.2 Å². The molecule has 96 valence electrons. The molecule has 4 nitrogen and oxygen atoms in total. The monoisotopic (exact) mass is 271 g/mol. The number of thioether (sulfide) groups is 1. The summed E-state index contributed by atoms with van der Waals surface area (Å²) in [6.45, 7) is 0. The molecule has 1 unspecified atom stereocenters. The molecule has 2 heterocycles. The van der Waals surface area contributed by atoms with Gasteiger partial charge < -0.3 is 10.2 Å². The van der Waals surface area contributed by atoms with Crippen LogP contribution in [-0.4, -0.2) is 15.7 Å². The third kappa shape index (κ3) is 2.77. The zero-order valence-corrected chi connectivity index (χ0v) is 11.0. The molecule has 0 radical (unpaired) electrons. The van der Waals surface area contributed by atoms with Gasteiger partial charge in [0, 0.05) is 23.5 Å². The van der Waals surface area contributed by atoms with Crippen LogP contribution in [0.4, 0.5) is 0 Å². The van der Waals surface area contributed by atoms with Crippen molar-refractivity contribution in [1.29, 1.82) is 0 Å². The van der Waals surface area contributed by atoms with E-state index in [2.05, 4.69) is 9.97 Å². The van der Waals surface area contributed by atoms with Crippen molar-refractivity contribution in [2.75, 3.05) is 5.75 Å². The van der Waals surface area contributed by atoms with Gasteiger partial charge in [0.2, 0.25) is 0 Å². The number of rotatable bonds is 4. The molecule has 0 saturated heterocycles. The maximum atomic E-state index is 6.14. The average Bonchev–Trinajstić information content (AvgIpc) is 2.90. The fourth-order valence-corrected chi connectivity index (χ4v) is 2.56. The van der Waals surface area contributed by atoms with E-state index in [0.29, 0.717) is 5.75 Å². The summed E-state index contributed by atoms with van der Waals surface area (Å²) in [6, 6.07) is 11.5. The molecule has 0 aliphatic carbocycles. The van der Waals surface area contributed by atoms with Crippen molar-refractivity contribution in [2.24, 2.45) is 5.73 Å². The van der Waals surface area contributed by atoms with E-state index in [1.807, 2.05) is 30.3 Å². The van der Waals surface area contributed by atoms with E-state index < -0.39 is 0 Å². The van der Waals surface area contributed by atoms with E-state index in [1.54, 1.807) is 18.5 Å². The summed E-state index contributed by atoms with van der Waals surface area (Å²) in [4.78, 5) is 8.31. The molecule has 1 atom stereocenters. The van der Waals surface area contributed by atoms with Gasteiger partial charge >= 0.3 is 0 Å². The number of fused-ring (bicyclic) bond motifs is 1. The first kappa shape index (κ1) is 12.2. The van der Waals surface area contributed by atoms with Gasteiger partial charge in [0.05, 0.1) is 6.04 Å². The van der Waals surface area contributed by atoms with Gasteiger partial charge in [-0.25, -0.2) is 9.97 Å². The van der Waals surface area contributed by atoms with Crippen molar-refractivity contribution in [2.45, 2.75) is 11.2 Å². The summed E-state index contributed by atoms with van der Waals surface area (Å²) in [5.41, 5.74) is 7.01. The van der Waals surface area contributed by atoms with E-state index in [0.717, 1.165) is 21.9 Å². The van der Waals surface area contributed by atoms with Crippen LogP contribution in [0, 0.1) is 0 Å². The molecular weight excluding hydrogens is 258 g/mol. The molecular formula is C14H13N3OS. The Balaban J connectivity index is 1.71. The van der Waals surface area contributed by atoms with Gasteiger partial charge in [-0.3, -0.25) is 0 Å². The van der Waals surface area contributed by atoms with Crippen LogP contribution in [0.5, 0.6) is 0 Å². The molecule has 3 rings (SSSR count).